The molecule has 0 amide bonds. The van der Waals surface area contributed by atoms with Crippen LogP contribution in [0.2, 0.25) is 0 Å². The van der Waals surface area contributed by atoms with Crippen molar-refractivity contribution in [1.82, 2.24) is 0 Å². The van der Waals surface area contributed by atoms with Gasteiger partial charge in [-0.2, -0.15) is 0 Å². The predicted molar refractivity (Wildman–Crippen MR) is 88.7 cm³/mol. The summed E-state index contributed by atoms with van der Waals surface area (Å²) < 4.78 is 0. The maximum atomic E-state index is 2.55. The minimum atomic E-state index is 0.497. The van der Waals surface area contributed by atoms with Crippen molar-refractivity contribution in [2.24, 2.45) is 5.92 Å². The standard InChI is InChI=1S/C21H22/c1-14-4-6-16-12-20-17(11-18(16)9-14)3-2-8-21(20)13-15-5-7-19(21)10-15/h4-6,9,11-12,19H,2-3,7-8,10,13H2,1H3. The Morgan fingerprint density at radius 1 is 1.10 bits per heavy atom. The Morgan fingerprint density at radius 2 is 2.05 bits per heavy atom. The molecule has 2 unspecified atom stereocenters. The molecular formula is C21H22. The summed E-state index contributed by atoms with van der Waals surface area (Å²) >= 11 is 0. The van der Waals surface area contributed by atoms with Gasteiger partial charge in [0.05, 0.1) is 0 Å². The molecule has 1 fully saturated rings. The van der Waals surface area contributed by atoms with Gasteiger partial charge >= 0.3 is 0 Å². The van der Waals surface area contributed by atoms with Crippen molar-refractivity contribution in [2.75, 3.05) is 0 Å². The van der Waals surface area contributed by atoms with Crippen molar-refractivity contribution in [3.05, 3.63) is 58.7 Å². The van der Waals surface area contributed by atoms with Gasteiger partial charge in [0.2, 0.25) is 0 Å². The second-order valence-corrected chi connectivity index (χ2v) is 7.55. The zero-order chi connectivity index (χ0) is 14.0. The monoisotopic (exact) mass is 274 g/mol. The third kappa shape index (κ3) is 1.56. The van der Waals surface area contributed by atoms with Crippen LogP contribution in [0.25, 0.3) is 10.8 Å². The summed E-state index contributed by atoms with van der Waals surface area (Å²) in [4.78, 5) is 0. The van der Waals surface area contributed by atoms with Gasteiger partial charge in [0, 0.05) is 5.41 Å². The second-order valence-electron chi connectivity index (χ2n) is 7.55. The lowest BCUT2D eigenvalue weighted by molar-refractivity contribution is 0.270. The molecule has 21 heavy (non-hydrogen) atoms. The van der Waals surface area contributed by atoms with E-state index in [0.29, 0.717) is 5.41 Å². The van der Waals surface area contributed by atoms with Gasteiger partial charge in [0.1, 0.15) is 0 Å². The first kappa shape index (κ1) is 12.0. The van der Waals surface area contributed by atoms with Crippen LogP contribution in [-0.4, -0.2) is 0 Å². The fourth-order valence-electron chi connectivity index (χ4n) is 5.38. The highest BCUT2D eigenvalue weighted by molar-refractivity contribution is 5.85. The van der Waals surface area contributed by atoms with E-state index in [-0.39, 0.29) is 0 Å². The number of rotatable bonds is 0. The molecule has 2 aromatic rings. The van der Waals surface area contributed by atoms with E-state index >= 15 is 0 Å². The molecule has 2 atom stereocenters. The van der Waals surface area contributed by atoms with Gasteiger partial charge in [-0.05, 0) is 73.3 Å². The molecule has 0 N–H and O–H groups in total. The maximum Gasteiger partial charge on any atom is 0.00274 e. The molecule has 2 aromatic carbocycles. The van der Waals surface area contributed by atoms with E-state index in [4.69, 9.17) is 0 Å². The third-order valence-corrected chi connectivity index (χ3v) is 6.35. The highest BCUT2D eigenvalue weighted by Gasteiger charge is 2.49. The van der Waals surface area contributed by atoms with E-state index < -0.39 is 0 Å². The van der Waals surface area contributed by atoms with Gasteiger partial charge in [-0.3, -0.25) is 0 Å². The molecule has 5 rings (SSSR count). The largest absolute Gasteiger partial charge is 0.0850 e. The van der Waals surface area contributed by atoms with Gasteiger partial charge < -0.3 is 0 Å². The Morgan fingerprint density at radius 3 is 2.86 bits per heavy atom. The molecule has 0 heterocycles. The molecule has 2 bridgehead atoms. The average Bonchev–Trinajstić information content (AvgIpc) is 3.07. The molecule has 0 aliphatic heterocycles. The van der Waals surface area contributed by atoms with Gasteiger partial charge in [-0.25, -0.2) is 0 Å². The predicted octanol–water partition coefficient (Wildman–Crippen LogP) is 5.46. The van der Waals surface area contributed by atoms with Crippen LogP contribution < -0.4 is 0 Å². The lowest BCUT2D eigenvalue weighted by atomic mass is 9.62. The summed E-state index contributed by atoms with van der Waals surface area (Å²) in [6.45, 7) is 2.20. The van der Waals surface area contributed by atoms with Crippen molar-refractivity contribution in [3.63, 3.8) is 0 Å². The van der Waals surface area contributed by atoms with Crippen LogP contribution >= 0.6 is 0 Å². The smallest absolute Gasteiger partial charge is 0.00274 e. The Bertz CT molecular complexity index is 780. The summed E-state index contributed by atoms with van der Waals surface area (Å²) in [5.74, 6) is 0.898. The van der Waals surface area contributed by atoms with E-state index in [2.05, 4.69) is 43.3 Å². The Balaban J connectivity index is 1.75. The number of aryl methyl sites for hydroxylation is 2. The molecule has 0 radical (unpaired) electrons. The molecule has 0 aromatic heterocycles. The van der Waals surface area contributed by atoms with Gasteiger partial charge in [0.15, 0.2) is 0 Å². The zero-order valence-corrected chi connectivity index (χ0v) is 12.8. The highest BCUT2D eigenvalue weighted by Crippen LogP contribution is 2.58. The molecular weight excluding hydrogens is 252 g/mol. The van der Waals surface area contributed by atoms with E-state index in [0.717, 1.165) is 5.92 Å². The Kier molecular flexibility index (Phi) is 2.29. The van der Waals surface area contributed by atoms with E-state index in [1.807, 2.05) is 0 Å². The summed E-state index contributed by atoms with van der Waals surface area (Å²) in [5, 5.41) is 2.88. The summed E-state index contributed by atoms with van der Waals surface area (Å²) in [5.41, 5.74) is 6.97. The van der Waals surface area contributed by atoms with Gasteiger partial charge in [0.25, 0.3) is 0 Å². The van der Waals surface area contributed by atoms with Crippen LogP contribution in [0.3, 0.4) is 0 Å². The number of hydrogen-bond donors (Lipinski definition) is 0. The van der Waals surface area contributed by atoms with Gasteiger partial charge in [-0.1, -0.05) is 47.5 Å². The number of hydrogen-bond acceptors (Lipinski definition) is 0. The van der Waals surface area contributed by atoms with E-state index in [1.54, 1.807) is 16.7 Å². The quantitative estimate of drug-likeness (QED) is 0.559. The minimum Gasteiger partial charge on any atom is -0.0850 e. The Labute approximate surface area is 126 Å². The Hall–Kier alpha value is -1.56. The third-order valence-electron chi connectivity index (χ3n) is 6.35. The van der Waals surface area contributed by atoms with Crippen molar-refractivity contribution < 1.29 is 0 Å². The zero-order valence-electron chi connectivity index (χ0n) is 12.8. The molecule has 0 heteroatoms. The van der Waals surface area contributed by atoms with Crippen LogP contribution in [0.4, 0.5) is 0 Å². The maximum absolute atomic E-state index is 2.55. The molecule has 0 saturated heterocycles. The van der Waals surface area contributed by atoms with Crippen molar-refractivity contribution in [2.45, 2.75) is 50.9 Å². The molecule has 0 nitrogen and oxygen atoms in total. The lowest BCUT2D eigenvalue weighted by Gasteiger charge is -2.41. The molecule has 106 valence electrons. The lowest BCUT2D eigenvalue weighted by Crippen LogP contribution is -2.35. The van der Waals surface area contributed by atoms with Crippen LogP contribution in [0.5, 0.6) is 0 Å². The van der Waals surface area contributed by atoms with E-state index in [1.165, 1.54) is 54.9 Å². The number of allylic oxidation sites excluding steroid dienone is 2. The van der Waals surface area contributed by atoms with Crippen LogP contribution in [0.15, 0.2) is 42.0 Å². The van der Waals surface area contributed by atoms with Crippen LogP contribution in [-0.2, 0) is 11.8 Å². The fourth-order valence-corrected chi connectivity index (χ4v) is 5.38. The van der Waals surface area contributed by atoms with Crippen molar-refractivity contribution in [1.29, 1.82) is 0 Å². The molecule has 1 saturated carbocycles. The summed E-state index contributed by atoms with van der Waals surface area (Å²) in [7, 11) is 0. The first-order chi connectivity index (χ1) is 10.2. The molecule has 3 aliphatic rings. The molecule has 3 aliphatic carbocycles. The van der Waals surface area contributed by atoms with Crippen LogP contribution in [0, 0.1) is 12.8 Å². The van der Waals surface area contributed by atoms with Gasteiger partial charge in [-0.15, -0.1) is 0 Å². The van der Waals surface area contributed by atoms with E-state index in [9.17, 15) is 0 Å². The fraction of sp³-hybridized carbons (Fsp3) is 0.429. The highest BCUT2D eigenvalue weighted by atomic mass is 14.5. The topological polar surface area (TPSA) is 0 Å². The SMILES string of the molecule is Cc1ccc2cc3c(cc2c1)CCCC31CC2=CCC1C2. The summed E-state index contributed by atoms with van der Waals surface area (Å²) in [6, 6.07) is 12.0. The second kappa shape index (κ2) is 4.00. The number of fused-ring (bicyclic) bond motifs is 6. The molecule has 1 spiro atoms. The minimum absolute atomic E-state index is 0.497. The van der Waals surface area contributed by atoms with Crippen molar-refractivity contribution >= 4 is 10.8 Å². The number of benzene rings is 2. The van der Waals surface area contributed by atoms with Crippen molar-refractivity contribution in [3.8, 4) is 0 Å². The normalized spacial score (nSPS) is 30.0. The summed E-state index contributed by atoms with van der Waals surface area (Å²) in [6.07, 6.45) is 10.7. The van der Waals surface area contributed by atoms with Crippen LogP contribution in [0.1, 0.15) is 48.8 Å². The first-order valence-electron chi connectivity index (χ1n) is 8.46. The average molecular weight is 274 g/mol. The first-order valence-corrected chi connectivity index (χ1v) is 8.46.